The van der Waals surface area contributed by atoms with Gasteiger partial charge in [-0.15, -0.1) is 0 Å². The van der Waals surface area contributed by atoms with E-state index in [2.05, 4.69) is 10.6 Å². The summed E-state index contributed by atoms with van der Waals surface area (Å²) in [5.41, 5.74) is 1.23. The first-order valence-electron chi connectivity index (χ1n) is 6.82. The summed E-state index contributed by atoms with van der Waals surface area (Å²) in [5.74, 6) is -0.827. The molecule has 0 unspecified atom stereocenters. The van der Waals surface area contributed by atoms with Crippen LogP contribution in [0.3, 0.4) is 0 Å². The summed E-state index contributed by atoms with van der Waals surface area (Å²) in [6.07, 6.45) is 0. The Kier molecular flexibility index (Phi) is 6.30. The van der Waals surface area contributed by atoms with Gasteiger partial charge >= 0.3 is 0 Å². The van der Waals surface area contributed by atoms with Gasteiger partial charge in [0.15, 0.2) is 0 Å². The molecule has 0 heterocycles. The molecule has 2 N–H and O–H groups in total. The molecule has 0 atom stereocenters. The van der Waals surface area contributed by atoms with Crippen molar-refractivity contribution in [2.24, 2.45) is 0 Å². The van der Waals surface area contributed by atoms with E-state index in [1.807, 2.05) is 13.8 Å². The number of nitrogens with zero attached hydrogens (tertiary/aromatic N) is 1. The third-order valence-corrected chi connectivity index (χ3v) is 2.75. The number of likely N-dealkylation sites (N-methyl/N-ethyl adjacent to an activating group) is 1. The number of rotatable bonds is 6. The number of nitrogens with one attached hydrogen (secondary N) is 2. The Morgan fingerprint density at radius 1 is 1.24 bits per heavy atom. The number of carbonyl (C=O) groups excluding carboxylic acids is 2. The summed E-state index contributed by atoms with van der Waals surface area (Å²) < 4.78 is 13.1. The van der Waals surface area contributed by atoms with Crippen molar-refractivity contribution in [3.05, 3.63) is 29.6 Å². The van der Waals surface area contributed by atoms with E-state index >= 15 is 0 Å². The van der Waals surface area contributed by atoms with E-state index in [0.717, 1.165) is 5.56 Å². The fourth-order valence-electron chi connectivity index (χ4n) is 1.83. The average Bonchev–Trinajstić information content (AvgIpc) is 2.32. The molecule has 0 radical (unpaired) electrons. The third kappa shape index (κ3) is 6.35. The Morgan fingerprint density at radius 3 is 2.48 bits per heavy atom. The van der Waals surface area contributed by atoms with E-state index in [4.69, 9.17) is 0 Å². The SMILES string of the molecule is Cc1ccc(F)cc1NC(=O)CN(C)CC(=O)NC(C)C. The zero-order valence-corrected chi connectivity index (χ0v) is 12.9. The van der Waals surface area contributed by atoms with Crippen molar-refractivity contribution in [3.63, 3.8) is 0 Å². The zero-order valence-electron chi connectivity index (χ0n) is 12.9. The third-order valence-electron chi connectivity index (χ3n) is 2.75. The lowest BCUT2D eigenvalue weighted by atomic mass is 10.2. The maximum absolute atomic E-state index is 13.1. The van der Waals surface area contributed by atoms with Crippen LogP contribution in [-0.2, 0) is 9.59 Å². The van der Waals surface area contributed by atoms with E-state index < -0.39 is 5.82 Å². The minimum Gasteiger partial charge on any atom is -0.353 e. The van der Waals surface area contributed by atoms with Gasteiger partial charge in [-0.1, -0.05) is 6.07 Å². The average molecular weight is 295 g/mol. The first kappa shape index (κ1) is 17.1. The maximum Gasteiger partial charge on any atom is 0.238 e. The molecule has 6 heteroatoms. The van der Waals surface area contributed by atoms with Gasteiger partial charge in [-0.3, -0.25) is 14.5 Å². The largest absolute Gasteiger partial charge is 0.353 e. The molecule has 116 valence electrons. The van der Waals surface area contributed by atoms with Crippen LogP contribution in [0.2, 0.25) is 0 Å². The lowest BCUT2D eigenvalue weighted by molar-refractivity contribution is -0.123. The smallest absolute Gasteiger partial charge is 0.238 e. The first-order valence-corrected chi connectivity index (χ1v) is 6.82. The number of aryl methyl sites for hydroxylation is 1. The molecule has 0 bridgehead atoms. The standard InChI is InChI=1S/C15H22FN3O2/c1-10(2)17-14(20)8-19(4)9-15(21)18-13-7-12(16)6-5-11(13)3/h5-7,10H,8-9H2,1-4H3,(H,17,20)(H,18,21). The number of carbonyl (C=O) groups is 2. The lowest BCUT2D eigenvalue weighted by Crippen LogP contribution is -2.41. The summed E-state index contributed by atoms with van der Waals surface area (Å²) in [4.78, 5) is 25.1. The second-order valence-corrected chi connectivity index (χ2v) is 5.40. The van der Waals surface area contributed by atoms with Crippen molar-refractivity contribution in [1.29, 1.82) is 0 Å². The second-order valence-electron chi connectivity index (χ2n) is 5.40. The Morgan fingerprint density at radius 2 is 1.86 bits per heavy atom. The van der Waals surface area contributed by atoms with Gasteiger partial charge < -0.3 is 10.6 Å². The van der Waals surface area contributed by atoms with Crippen LogP contribution in [-0.4, -0.2) is 42.9 Å². The van der Waals surface area contributed by atoms with E-state index in [1.165, 1.54) is 12.1 Å². The molecule has 0 saturated heterocycles. The number of anilines is 1. The normalized spacial score (nSPS) is 10.8. The number of benzene rings is 1. The Balaban J connectivity index is 2.49. The molecule has 0 aliphatic rings. The molecule has 0 fully saturated rings. The Bertz CT molecular complexity index is 518. The highest BCUT2D eigenvalue weighted by Crippen LogP contribution is 2.15. The van der Waals surface area contributed by atoms with Crippen LogP contribution in [0.15, 0.2) is 18.2 Å². The van der Waals surface area contributed by atoms with E-state index in [9.17, 15) is 14.0 Å². The summed E-state index contributed by atoms with van der Waals surface area (Å²) in [5, 5.41) is 5.39. The van der Waals surface area contributed by atoms with Gasteiger partial charge in [-0.2, -0.15) is 0 Å². The Labute approximate surface area is 124 Å². The topological polar surface area (TPSA) is 61.4 Å². The molecule has 1 aromatic rings. The van der Waals surface area contributed by atoms with Crippen molar-refractivity contribution in [3.8, 4) is 0 Å². The van der Waals surface area contributed by atoms with Crippen LogP contribution >= 0.6 is 0 Å². The van der Waals surface area contributed by atoms with Crippen molar-refractivity contribution < 1.29 is 14.0 Å². The van der Waals surface area contributed by atoms with E-state index in [1.54, 1.807) is 24.9 Å². The van der Waals surface area contributed by atoms with Crippen molar-refractivity contribution in [2.45, 2.75) is 26.8 Å². The lowest BCUT2D eigenvalue weighted by Gasteiger charge is -2.17. The molecule has 21 heavy (non-hydrogen) atoms. The molecule has 0 spiro atoms. The molecule has 2 amide bonds. The zero-order chi connectivity index (χ0) is 16.0. The van der Waals surface area contributed by atoms with Gasteiger partial charge in [0, 0.05) is 11.7 Å². The molecule has 5 nitrogen and oxygen atoms in total. The van der Waals surface area contributed by atoms with Gasteiger partial charge in [0.1, 0.15) is 5.82 Å². The van der Waals surface area contributed by atoms with Crippen LogP contribution < -0.4 is 10.6 Å². The van der Waals surface area contributed by atoms with Gasteiger partial charge in [0.2, 0.25) is 11.8 Å². The van der Waals surface area contributed by atoms with Gasteiger partial charge in [0.05, 0.1) is 13.1 Å². The fraction of sp³-hybridized carbons (Fsp3) is 0.467. The van der Waals surface area contributed by atoms with Crippen LogP contribution in [0.4, 0.5) is 10.1 Å². The monoisotopic (exact) mass is 295 g/mol. The highest BCUT2D eigenvalue weighted by molar-refractivity contribution is 5.93. The van der Waals surface area contributed by atoms with Gasteiger partial charge in [0.25, 0.3) is 0 Å². The van der Waals surface area contributed by atoms with Crippen molar-refractivity contribution >= 4 is 17.5 Å². The van der Waals surface area contributed by atoms with Crippen LogP contribution in [0.25, 0.3) is 0 Å². The maximum atomic E-state index is 13.1. The molecule has 0 saturated carbocycles. The van der Waals surface area contributed by atoms with E-state index in [0.29, 0.717) is 5.69 Å². The number of halogens is 1. The molecular weight excluding hydrogens is 273 g/mol. The summed E-state index contributed by atoms with van der Waals surface area (Å²) in [6.45, 7) is 5.72. The van der Waals surface area contributed by atoms with Crippen LogP contribution in [0.5, 0.6) is 0 Å². The molecule has 0 aliphatic heterocycles. The second kappa shape index (κ2) is 7.73. The first-order chi connectivity index (χ1) is 9.77. The predicted octanol–water partition coefficient (Wildman–Crippen LogP) is 1.53. The number of hydrogen-bond acceptors (Lipinski definition) is 3. The molecule has 0 aliphatic carbocycles. The summed E-state index contributed by atoms with van der Waals surface area (Å²) >= 11 is 0. The van der Waals surface area contributed by atoms with E-state index in [-0.39, 0.29) is 30.9 Å². The minimum atomic E-state index is -0.402. The fourth-order valence-corrected chi connectivity index (χ4v) is 1.83. The molecule has 0 aromatic heterocycles. The van der Waals surface area contributed by atoms with Gasteiger partial charge in [-0.25, -0.2) is 4.39 Å². The summed E-state index contributed by atoms with van der Waals surface area (Å²) in [7, 11) is 1.68. The quantitative estimate of drug-likeness (QED) is 0.836. The number of amides is 2. The summed E-state index contributed by atoms with van der Waals surface area (Å²) in [6, 6.07) is 4.28. The minimum absolute atomic E-state index is 0.0570. The molecule has 1 rings (SSSR count). The van der Waals surface area contributed by atoms with Crippen LogP contribution in [0, 0.1) is 12.7 Å². The van der Waals surface area contributed by atoms with Crippen molar-refractivity contribution in [2.75, 3.05) is 25.5 Å². The molecular formula is C15H22FN3O2. The highest BCUT2D eigenvalue weighted by atomic mass is 19.1. The predicted molar refractivity (Wildman–Crippen MR) is 80.5 cm³/mol. The number of hydrogen-bond donors (Lipinski definition) is 2. The van der Waals surface area contributed by atoms with Crippen molar-refractivity contribution in [1.82, 2.24) is 10.2 Å². The highest BCUT2D eigenvalue weighted by Gasteiger charge is 2.12. The Hall–Kier alpha value is -1.95. The van der Waals surface area contributed by atoms with Crippen LogP contribution in [0.1, 0.15) is 19.4 Å². The molecule has 1 aromatic carbocycles. The van der Waals surface area contributed by atoms with Gasteiger partial charge in [-0.05, 0) is 45.5 Å².